The van der Waals surface area contributed by atoms with Gasteiger partial charge < -0.3 is 20.9 Å². The van der Waals surface area contributed by atoms with E-state index in [2.05, 4.69) is 25.0 Å². The Hall–Kier alpha value is -4.41. The average molecular weight is 464 g/mol. The molecule has 0 bridgehead atoms. The SMILES string of the molecule is CCC(C(C=Nc1ccccc1F)=NN)n1cc(-c2cc(F)cnc2OC)c2c(N)ncnc21. The zero-order valence-electron chi connectivity index (χ0n) is 18.5. The van der Waals surface area contributed by atoms with Crippen molar-refractivity contribution >= 4 is 34.5 Å². The lowest BCUT2D eigenvalue weighted by Crippen LogP contribution is -2.21. The second-order valence-electron chi connectivity index (χ2n) is 7.31. The van der Waals surface area contributed by atoms with Crippen molar-refractivity contribution in [3.63, 3.8) is 0 Å². The predicted octanol–water partition coefficient (Wildman–Crippen LogP) is 4.03. The minimum atomic E-state index is -0.541. The van der Waals surface area contributed by atoms with Crippen molar-refractivity contribution in [1.82, 2.24) is 19.5 Å². The van der Waals surface area contributed by atoms with Gasteiger partial charge >= 0.3 is 0 Å². The summed E-state index contributed by atoms with van der Waals surface area (Å²) in [5, 5.41) is 4.39. The molecule has 3 aromatic heterocycles. The normalized spacial score (nSPS) is 13.0. The number of aromatic nitrogens is 4. The highest BCUT2D eigenvalue weighted by Gasteiger charge is 2.24. The molecule has 0 radical (unpaired) electrons. The summed E-state index contributed by atoms with van der Waals surface area (Å²) in [5.41, 5.74) is 8.10. The highest BCUT2D eigenvalue weighted by atomic mass is 19.1. The van der Waals surface area contributed by atoms with Crippen LogP contribution in [0.15, 0.2) is 59.1 Å². The van der Waals surface area contributed by atoms with E-state index in [9.17, 15) is 8.78 Å². The van der Waals surface area contributed by atoms with Crippen LogP contribution < -0.4 is 16.3 Å². The van der Waals surface area contributed by atoms with E-state index < -0.39 is 17.7 Å². The number of para-hydroxylation sites is 1. The molecule has 174 valence electrons. The van der Waals surface area contributed by atoms with Crippen LogP contribution >= 0.6 is 0 Å². The number of hydrogen-bond donors (Lipinski definition) is 2. The fourth-order valence-corrected chi connectivity index (χ4v) is 3.78. The number of hydrogen-bond acceptors (Lipinski definition) is 8. The van der Waals surface area contributed by atoms with Gasteiger partial charge in [-0.25, -0.2) is 23.7 Å². The van der Waals surface area contributed by atoms with Gasteiger partial charge in [0.05, 0.1) is 36.6 Å². The topological polar surface area (TPSA) is 130 Å². The third-order valence-corrected chi connectivity index (χ3v) is 5.34. The van der Waals surface area contributed by atoms with Gasteiger partial charge in [-0.15, -0.1) is 0 Å². The average Bonchev–Trinajstić information content (AvgIpc) is 3.23. The molecule has 0 spiro atoms. The molecule has 0 saturated heterocycles. The molecule has 4 aromatic rings. The number of ether oxygens (including phenoxy) is 1. The summed E-state index contributed by atoms with van der Waals surface area (Å²) in [4.78, 5) is 16.7. The van der Waals surface area contributed by atoms with Crippen LogP contribution in [0, 0.1) is 11.6 Å². The summed E-state index contributed by atoms with van der Waals surface area (Å²) in [6.07, 6.45) is 6.08. The molecular weight excluding hydrogens is 442 g/mol. The molecular formula is C23H22F2N8O. The molecule has 0 aliphatic rings. The molecule has 3 heterocycles. The molecule has 1 unspecified atom stereocenters. The van der Waals surface area contributed by atoms with Crippen LogP contribution in [-0.4, -0.2) is 38.6 Å². The molecule has 1 atom stereocenters. The van der Waals surface area contributed by atoms with E-state index in [1.807, 2.05) is 6.92 Å². The quantitative estimate of drug-likeness (QED) is 0.241. The van der Waals surface area contributed by atoms with Gasteiger partial charge in [0, 0.05) is 17.3 Å². The summed E-state index contributed by atoms with van der Waals surface area (Å²) >= 11 is 0. The van der Waals surface area contributed by atoms with Crippen molar-refractivity contribution < 1.29 is 13.5 Å². The molecule has 0 aliphatic carbocycles. The maximum absolute atomic E-state index is 14.1. The molecule has 0 aliphatic heterocycles. The van der Waals surface area contributed by atoms with E-state index in [4.69, 9.17) is 16.3 Å². The van der Waals surface area contributed by atoms with E-state index in [1.165, 1.54) is 31.8 Å². The van der Waals surface area contributed by atoms with Crippen molar-refractivity contribution in [1.29, 1.82) is 0 Å². The van der Waals surface area contributed by atoms with Crippen molar-refractivity contribution in [3.05, 3.63) is 60.7 Å². The highest BCUT2D eigenvalue weighted by Crippen LogP contribution is 2.38. The number of nitrogens with two attached hydrogens (primary N) is 2. The Bertz CT molecular complexity index is 1400. The largest absolute Gasteiger partial charge is 0.481 e. The van der Waals surface area contributed by atoms with Crippen LogP contribution in [0.25, 0.3) is 22.2 Å². The summed E-state index contributed by atoms with van der Waals surface area (Å²) < 4.78 is 35.3. The number of fused-ring (bicyclic) bond motifs is 1. The van der Waals surface area contributed by atoms with Crippen LogP contribution in [0.2, 0.25) is 0 Å². The molecule has 11 heteroatoms. The zero-order valence-corrected chi connectivity index (χ0v) is 18.5. The number of pyridine rings is 1. The van der Waals surface area contributed by atoms with Crippen LogP contribution in [0.3, 0.4) is 0 Å². The first-order chi connectivity index (χ1) is 16.5. The lowest BCUT2D eigenvalue weighted by molar-refractivity contribution is 0.398. The van der Waals surface area contributed by atoms with E-state index >= 15 is 0 Å². The number of nitrogens with zero attached hydrogens (tertiary/aromatic N) is 6. The van der Waals surface area contributed by atoms with Gasteiger partial charge in [-0.05, 0) is 24.6 Å². The van der Waals surface area contributed by atoms with Crippen LogP contribution in [0.4, 0.5) is 20.3 Å². The first-order valence-electron chi connectivity index (χ1n) is 10.4. The molecule has 34 heavy (non-hydrogen) atoms. The highest BCUT2D eigenvalue weighted by molar-refractivity contribution is 6.32. The maximum atomic E-state index is 14.1. The molecule has 1 aromatic carbocycles. The van der Waals surface area contributed by atoms with Gasteiger partial charge in [0.25, 0.3) is 0 Å². The number of anilines is 1. The minimum Gasteiger partial charge on any atom is -0.481 e. The molecule has 0 saturated carbocycles. The zero-order chi connectivity index (χ0) is 24.2. The van der Waals surface area contributed by atoms with Gasteiger partial charge in [0.15, 0.2) is 0 Å². The smallest absolute Gasteiger partial charge is 0.221 e. The summed E-state index contributed by atoms with van der Waals surface area (Å²) in [6.45, 7) is 1.92. The fourth-order valence-electron chi connectivity index (χ4n) is 3.78. The van der Waals surface area contributed by atoms with Gasteiger partial charge in [0.2, 0.25) is 5.88 Å². The predicted molar refractivity (Wildman–Crippen MR) is 127 cm³/mol. The number of halogens is 2. The monoisotopic (exact) mass is 464 g/mol. The summed E-state index contributed by atoms with van der Waals surface area (Å²) in [5.74, 6) is 5.10. The van der Waals surface area contributed by atoms with Crippen molar-refractivity contribution in [2.24, 2.45) is 15.9 Å². The van der Waals surface area contributed by atoms with Gasteiger partial charge in [-0.3, -0.25) is 4.99 Å². The van der Waals surface area contributed by atoms with E-state index in [0.29, 0.717) is 34.3 Å². The van der Waals surface area contributed by atoms with Gasteiger partial charge in [-0.2, -0.15) is 5.10 Å². The first-order valence-corrected chi connectivity index (χ1v) is 10.4. The number of nitrogen functional groups attached to an aromatic ring is 1. The van der Waals surface area contributed by atoms with E-state index in [-0.39, 0.29) is 17.4 Å². The molecule has 4 N–H and O–H groups in total. The Balaban J connectivity index is 1.88. The number of methoxy groups -OCH3 is 1. The second kappa shape index (κ2) is 9.61. The molecule has 0 fully saturated rings. The van der Waals surface area contributed by atoms with Gasteiger partial charge in [0.1, 0.15) is 35.1 Å². The number of benzene rings is 1. The minimum absolute atomic E-state index is 0.152. The van der Waals surface area contributed by atoms with Crippen LogP contribution in [0.5, 0.6) is 5.88 Å². The summed E-state index contributed by atoms with van der Waals surface area (Å²) in [6, 6.07) is 6.97. The Morgan fingerprint density at radius 2 is 2.00 bits per heavy atom. The van der Waals surface area contributed by atoms with Crippen LogP contribution in [-0.2, 0) is 0 Å². The number of aliphatic imine (C=N–C) groups is 1. The Labute approximate surface area is 193 Å². The standard InChI is InChI=1S/C23H22F2N8O/c1-3-19(18(32-27)10-28-17-7-5-4-6-16(17)25)33-11-15(20-21(26)30-12-31-22(20)33)14-8-13(24)9-29-23(14)34-2/h4-12,19H,3,27H2,1-2H3,(H2,26,30,31). The maximum Gasteiger partial charge on any atom is 0.221 e. The first kappa shape index (κ1) is 22.8. The lowest BCUT2D eigenvalue weighted by Gasteiger charge is -2.17. The second-order valence-corrected chi connectivity index (χ2v) is 7.31. The lowest BCUT2D eigenvalue weighted by atomic mass is 10.1. The molecule has 0 amide bonds. The number of rotatable bonds is 7. The fraction of sp³-hybridized carbons (Fsp3) is 0.174. The molecule has 9 nitrogen and oxygen atoms in total. The van der Waals surface area contributed by atoms with Crippen molar-refractivity contribution in [2.75, 3.05) is 12.8 Å². The summed E-state index contributed by atoms with van der Waals surface area (Å²) in [7, 11) is 1.44. The molecule has 4 rings (SSSR count). The van der Waals surface area contributed by atoms with Crippen molar-refractivity contribution in [3.8, 4) is 17.0 Å². The van der Waals surface area contributed by atoms with Crippen LogP contribution in [0.1, 0.15) is 19.4 Å². The Morgan fingerprint density at radius 3 is 2.71 bits per heavy atom. The van der Waals surface area contributed by atoms with Gasteiger partial charge in [-0.1, -0.05) is 19.1 Å². The van der Waals surface area contributed by atoms with Crippen molar-refractivity contribution in [2.45, 2.75) is 19.4 Å². The third kappa shape index (κ3) is 4.15. The Morgan fingerprint density at radius 1 is 1.21 bits per heavy atom. The van der Waals surface area contributed by atoms with E-state index in [1.54, 1.807) is 29.0 Å². The third-order valence-electron chi connectivity index (χ3n) is 5.34. The Kier molecular flexibility index (Phi) is 6.44. The van der Waals surface area contributed by atoms with E-state index in [0.717, 1.165) is 6.20 Å². The number of hydrazone groups is 1.